The molecule has 0 aliphatic rings. The number of benzene rings is 2. The monoisotopic (exact) mass is 461 g/mol. The number of hydrogen-bond acceptors (Lipinski definition) is 7. The summed E-state index contributed by atoms with van der Waals surface area (Å²) >= 11 is 6.46. The van der Waals surface area contributed by atoms with Crippen molar-refractivity contribution in [3.05, 3.63) is 90.5 Å². The van der Waals surface area contributed by atoms with E-state index in [1.165, 1.54) is 6.33 Å². The predicted molar refractivity (Wildman–Crippen MR) is 131 cm³/mol. The summed E-state index contributed by atoms with van der Waals surface area (Å²) in [5.74, 6) is 1.92. The molecule has 0 unspecified atom stereocenters. The van der Waals surface area contributed by atoms with Crippen LogP contribution in [0.5, 0.6) is 11.5 Å². The number of fused-ring (bicyclic) bond motifs is 1. The van der Waals surface area contributed by atoms with Gasteiger partial charge in [-0.15, -0.1) is 6.58 Å². The number of ether oxygens (including phenoxy) is 2. The number of hydrogen-bond donors (Lipinski definition) is 2. The van der Waals surface area contributed by atoms with Crippen molar-refractivity contribution in [3.63, 3.8) is 0 Å². The van der Waals surface area contributed by atoms with E-state index in [0.717, 1.165) is 28.8 Å². The van der Waals surface area contributed by atoms with E-state index in [1.807, 2.05) is 54.6 Å². The topological polar surface area (TPSA) is 81.2 Å². The van der Waals surface area contributed by atoms with Crippen molar-refractivity contribution < 1.29 is 9.47 Å². The molecule has 0 aliphatic carbocycles. The van der Waals surface area contributed by atoms with E-state index in [9.17, 15) is 0 Å². The van der Waals surface area contributed by atoms with Gasteiger partial charge in [-0.25, -0.2) is 9.97 Å². The molecule has 0 spiro atoms. The third-order valence-corrected chi connectivity index (χ3v) is 5.04. The molecule has 168 valence electrons. The quantitative estimate of drug-likeness (QED) is 0.236. The Labute approximate surface area is 197 Å². The average Bonchev–Trinajstić information content (AvgIpc) is 2.84. The number of nitrogens with zero attached hydrogens (tertiary/aromatic N) is 3. The van der Waals surface area contributed by atoms with Crippen LogP contribution < -0.4 is 20.1 Å². The molecule has 0 amide bonds. The lowest BCUT2D eigenvalue weighted by atomic mass is 10.2. The van der Waals surface area contributed by atoms with Crippen molar-refractivity contribution in [1.82, 2.24) is 20.3 Å². The van der Waals surface area contributed by atoms with Crippen molar-refractivity contribution in [2.24, 2.45) is 0 Å². The van der Waals surface area contributed by atoms with Gasteiger partial charge in [-0.1, -0.05) is 29.8 Å². The smallest absolute Gasteiger partial charge is 0.145 e. The van der Waals surface area contributed by atoms with Gasteiger partial charge in [0.15, 0.2) is 0 Å². The van der Waals surface area contributed by atoms with Gasteiger partial charge in [-0.3, -0.25) is 4.98 Å². The van der Waals surface area contributed by atoms with Crippen LogP contribution in [-0.2, 0) is 6.61 Å². The van der Waals surface area contributed by atoms with Crippen molar-refractivity contribution in [2.45, 2.75) is 6.61 Å². The van der Waals surface area contributed by atoms with Gasteiger partial charge < -0.3 is 20.1 Å². The molecular formula is C25H24ClN5O2. The maximum atomic E-state index is 6.46. The zero-order valence-corrected chi connectivity index (χ0v) is 18.8. The van der Waals surface area contributed by atoms with Crippen molar-refractivity contribution in [2.75, 3.05) is 25.0 Å². The lowest BCUT2D eigenvalue weighted by Gasteiger charge is -2.14. The molecular weight excluding hydrogens is 438 g/mol. The van der Waals surface area contributed by atoms with Gasteiger partial charge in [-0.05, 0) is 42.5 Å². The van der Waals surface area contributed by atoms with Crippen LogP contribution in [0.15, 0.2) is 79.8 Å². The molecule has 0 atom stereocenters. The summed E-state index contributed by atoms with van der Waals surface area (Å²) in [6.45, 7) is 5.98. The molecule has 2 aromatic heterocycles. The van der Waals surface area contributed by atoms with Crippen molar-refractivity contribution in [3.8, 4) is 11.5 Å². The van der Waals surface area contributed by atoms with Crippen LogP contribution in [0.25, 0.3) is 10.9 Å². The average molecular weight is 462 g/mol. The molecule has 0 bridgehead atoms. The van der Waals surface area contributed by atoms with Crippen molar-refractivity contribution >= 4 is 34.0 Å². The molecule has 33 heavy (non-hydrogen) atoms. The minimum absolute atomic E-state index is 0.340. The minimum Gasteiger partial charge on any atom is -0.491 e. The molecule has 7 nitrogen and oxygen atoms in total. The summed E-state index contributed by atoms with van der Waals surface area (Å²) < 4.78 is 11.8. The first-order chi connectivity index (χ1) is 16.2. The summed E-state index contributed by atoms with van der Waals surface area (Å²) in [5, 5.41) is 7.83. The Morgan fingerprint density at radius 2 is 1.91 bits per heavy atom. The minimum atomic E-state index is 0.340. The van der Waals surface area contributed by atoms with E-state index in [-0.39, 0.29) is 0 Å². The molecule has 0 fully saturated rings. The molecule has 0 aliphatic heterocycles. The second-order valence-corrected chi connectivity index (χ2v) is 7.50. The molecule has 0 radical (unpaired) electrons. The Morgan fingerprint density at radius 3 is 2.73 bits per heavy atom. The normalized spacial score (nSPS) is 10.7. The van der Waals surface area contributed by atoms with Crippen LogP contribution in [0, 0.1) is 0 Å². The van der Waals surface area contributed by atoms with Gasteiger partial charge in [0.05, 0.1) is 21.6 Å². The Hall–Kier alpha value is -3.68. The third kappa shape index (κ3) is 5.97. The Balaban J connectivity index is 1.50. The molecule has 2 heterocycles. The largest absolute Gasteiger partial charge is 0.491 e. The highest BCUT2D eigenvalue weighted by molar-refractivity contribution is 6.32. The molecule has 4 aromatic rings. The Morgan fingerprint density at radius 1 is 0.970 bits per heavy atom. The molecule has 2 aromatic carbocycles. The van der Waals surface area contributed by atoms with Crippen LogP contribution in [0.2, 0.25) is 5.02 Å². The predicted octanol–water partition coefficient (Wildman–Crippen LogP) is 5.16. The maximum absolute atomic E-state index is 6.46. The summed E-state index contributed by atoms with van der Waals surface area (Å²) in [4.78, 5) is 13.1. The number of rotatable bonds is 11. The fraction of sp³-hybridized carbons (Fsp3) is 0.160. The number of aromatic nitrogens is 3. The Kier molecular flexibility index (Phi) is 7.68. The zero-order chi connectivity index (χ0) is 22.9. The standard InChI is InChI=1S/C25H24ClN5O2/c1-2-11-27-13-14-32-23-8-5-7-21-24(23)25(30-17-29-21)31-18-9-10-22(20(26)15-18)33-16-19-6-3-4-12-28-19/h2-10,12,15,17,27H,1,11,13-14,16H2,(H,29,30,31). The molecule has 4 rings (SSSR count). The van der Waals surface area contributed by atoms with Gasteiger partial charge in [0.1, 0.15) is 36.9 Å². The van der Waals surface area contributed by atoms with E-state index < -0.39 is 0 Å². The van der Waals surface area contributed by atoms with E-state index in [2.05, 4.69) is 32.2 Å². The second kappa shape index (κ2) is 11.3. The van der Waals surface area contributed by atoms with Crippen LogP contribution >= 0.6 is 11.6 Å². The summed E-state index contributed by atoms with van der Waals surface area (Å²) in [6.07, 6.45) is 5.06. The number of pyridine rings is 1. The molecule has 8 heteroatoms. The van der Waals surface area contributed by atoms with E-state index in [4.69, 9.17) is 21.1 Å². The SMILES string of the molecule is C=CCNCCOc1cccc2ncnc(Nc3ccc(OCc4ccccn4)c(Cl)c3)c12. The van der Waals surface area contributed by atoms with Crippen molar-refractivity contribution in [1.29, 1.82) is 0 Å². The van der Waals surface area contributed by atoms with Crippen LogP contribution in [-0.4, -0.2) is 34.6 Å². The van der Waals surface area contributed by atoms with Gasteiger partial charge in [0, 0.05) is 25.0 Å². The van der Waals surface area contributed by atoms with Gasteiger partial charge >= 0.3 is 0 Å². The summed E-state index contributed by atoms with van der Waals surface area (Å²) in [5.41, 5.74) is 2.38. The third-order valence-electron chi connectivity index (χ3n) is 4.75. The fourth-order valence-electron chi connectivity index (χ4n) is 3.20. The highest BCUT2D eigenvalue weighted by Gasteiger charge is 2.12. The number of halogens is 1. The molecule has 2 N–H and O–H groups in total. The zero-order valence-electron chi connectivity index (χ0n) is 18.0. The number of anilines is 2. The lowest BCUT2D eigenvalue weighted by molar-refractivity contribution is 0.301. The fourth-order valence-corrected chi connectivity index (χ4v) is 3.43. The van der Waals surface area contributed by atoms with Crippen LogP contribution in [0.4, 0.5) is 11.5 Å². The van der Waals surface area contributed by atoms with Gasteiger partial charge in [0.2, 0.25) is 0 Å². The van der Waals surface area contributed by atoms with Gasteiger partial charge in [0.25, 0.3) is 0 Å². The summed E-state index contributed by atoms with van der Waals surface area (Å²) in [7, 11) is 0. The lowest BCUT2D eigenvalue weighted by Crippen LogP contribution is -2.20. The highest BCUT2D eigenvalue weighted by Crippen LogP contribution is 2.34. The summed E-state index contributed by atoms with van der Waals surface area (Å²) in [6, 6.07) is 16.9. The van der Waals surface area contributed by atoms with Gasteiger partial charge in [-0.2, -0.15) is 0 Å². The molecule has 0 saturated heterocycles. The van der Waals surface area contributed by atoms with E-state index >= 15 is 0 Å². The van der Waals surface area contributed by atoms with Crippen LogP contribution in [0.1, 0.15) is 5.69 Å². The highest BCUT2D eigenvalue weighted by atomic mass is 35.5. The second-order valence-electron chi connectivity index (χ2n) is 7.09. The number of nitrogens with one attached hydrogen (secondary N) is 2. The van der Waals surface area contributed by atoms with Crippen LogP contribution in [0.3, 0.4) is 0 Å². The van der Waals surface area contributed by atoms with E-state index in [1.54, 1.807) is 12.3 Å². The first kappa shape index (κ1) is 22.5. The molecule has 0 saturated carbocycles. The maximum Gasteiger partial charge on any atom is 0.145 e. The first-order valence-electron chi connectivity index (χ1n) is 10.5. The van der Waals surface area contributed by atoms with E-state index in [0.29, 0.717) is 42.1 Å². The Bertz CT molecular complexity index is 1210. The first-order valence-corrected chi connectivity index (χ1v) is 10.9.